The highest BCUT2D eigenvalue weighted by molar-refractivity contribution is 7.89. The minimum Gasteiger partial charge on any atom is -0.393 e. The molecule has 0 aliphatic carbocycles. The smallest absolute Gasteiger partial charge is 0.216 e. The quantitative estimate of drug-likeness (QED) is 0.764. The molecule has 5 heteroatoms. The van der Waals surface area contributed by atoms with E-state index in [1.807, 2.05) is 0 Å². The van der Waals surface area contributed by atoms with E-state index < -0.39 is 10.0 Å². The van der Waals surface area contributed by atoms with Gasteiger partial charge < -0.3 is 5.11 Å². The summed E-state index contributed by atoms with van der Waals surface area (Å²) in [4.78, 5) is 0. The van der Waals surface area contributed by atoms with E-state index >= 15 is 0 Å². The number of sulfonamides is 1. The van der Waals surface area contributed by atoms with Crippen molar-refractivity contribution in [1.29, 1.82) is 0 Å². The molecule has 0 amide bonds. The molecule has 1 N–H and O–H groups in total. The van der Waals surface area contributed by atoms with Gasteiger partial charge >= 0.3 is 0 Å². The summed E-state index contributed by atoms with van der Waals surface area (Å²) < 4.78 is 25.9. The van der Waals surface area contributed by atoms with Crippen molar-refractivity contribution in [2.24, 2.45) is 0 Å². The van der Waals surface area contributed by atoms with Crippen LogP contribution in [0.1, 0.15) is 39.5 Å². The minimum absolute atomic E-state index is 0.0474. The Bertz CT molecular complexity index is 325. The first kappa shape index (κ1) is 11.4. The largest absolute Gasteiger partial charge is 0.393 e. The maximum Gasteiger partial charge on any atom is 0.216 e. The number of piperidine rings is 1. The number of fused-ring (bicyclic) bond motifs is 2. The highest BCUT2D eigenvalue weighted by Gasteiger charge is 2.46. The number of hydrogen-bond acceptors (Lipinski definition) is 3. The summed E-state index contributed by atoms with van der Waals surface area (Å²) in [5.41, 5.74) is 0. The molecule has 2 aliphatic rings. The van der Waals surface area contributed by atoms with Crippen LogP contribution in [0.5, 0.6) is 0 Å². The van der Waals surface area contributed by atoms with Gasteiger partial charge in [0.1, 0.15) is 0 Å². The van der Waals surface area contributed by atoms with E-state index in [0.717, 1.165) is 12.8 Å². The van der Waals surface area contributed by atoms with Gasteiger partial charge in [-0.25, -0.2) is 8.42 Å². The predicted octanol–water partition coefficient (Wildman–Crippen LogP) is 0.712. The number of aliphatic hydroxyl groups is 1. The third-order valence-electron chi connectivity index (χ3n) is 3.53. The molecule has 2 saturated heterocycles. The molecule has 0 aromatic heterocycles. The first-order valence-electron chi connectivity index (χ1n) is 5.63. The Kier molecular flexibility index (Phi) is 2.81. The summed E-state index contributed by atoms with van der Waals surface area (Å²) in [7, 11) is -3.14. The molecule has 0 aromatic rings. The van der Waals surface area contributed by atoms with Crippen LogP contribution in [0.15, 0.2) is 0 Å². The maximum atomic E-state index is 12.1. The minimum atomic E-state index is -3.14. The Morgan fingerprint density at radius 3 is 2.07 bits per heavy atom. The summed E-state index contributed by atoms with van der Waals surface area (Å²) in [6.45, 7) is 3.44. The van der Waals surface area contributed by atoms with Gasteiger partial charge in [-0.3, -0.25) is 0 Å². The highest BCUT2D eigenvalue weighted by atomic mass is 32.2. The molecule has 0 aromatic carbocycles. The van der Waals surface area contributed by atoms with Crippen LogP contribution in [0, 0.1) is 0 Å². The summed E-state index contributed by atoms with van der Waals surface area (Å²) in [6.07, 6.45) is 2.74. The molecule has 2 fully saturated rings. The molecule has 4 nitrogen and oxygen atoms in total. The molecule has 88 valence electrons. The van der Waals surface area contributed by atoms with Gasteiger partial charge in [0, 0.05) is 12.1 Å². The Labute approximate surface area is 91.3 Å². The molecule has 0 spiro atoms. The van der Waals surface area contributed by atoms with Crippen LogP contribution in [-0.2, 0) is 10.0 Å². The van der Waals surface area contributed by atoms with Crippen molar-refractivity contribution in [1.82, 2.24) is 4.31 Å². The second-order valence-electron chi connectivity index (χ2n) is 4.93. The molecule has 0 radical (unpaired) electrons. The lowest BCUT2D eigenvalue weighted by Crippen LogP contribution is -2.50. The zero-order chi connectivity index (χ0) is 11.2. The van der Waals surface area contributed by atoms with E-state index in [1.54, 1.807) is 18.2 Å². The maximum absolute atomic E-state index is 12.1. The lowest BCUT2D eigenvalue weighted by atomic mass is 10.0. The van der Waals surface area contributed by atoms with Gasteiger partial charge in [0.05, 0.1) is 11.4 Å². The average molecular weight is 233 g/mol. The van der Waals surface area contributed by atoms with Crippen molar-refractivity contribution in [3.63, 3.8) is 0 Å². The van der Waals surface area contributed by atoms with E-state index in [9.17, 15) is 13.5 Å². The zero-order valence-corrected chi connectivity index (χ0v) is 10.1. The molecular weight excluding hydrogens is 214 g/mol. The first-order chi connectivity index (χ1) is 6.93. The number of aliphatic hydroxyl groups excluding tert-OH is 1. The fourth-order valence-corrected chi connectivity index (χ4v) is 4.47. The van der Waals surface area contributed by atoms with E-state index in [-0.39, 0.29) is 23.4 Å². The van der Waals surface area contributed by atoms with Gasteiger partial charge in [-0.15, -0.1) is 0 Å². The van der Waals surface area contributed by atoms with Crippen LogP contribution >= 0.6 is 0 Å². The molecule has 15 heavy (non-hydrogen) atoms. The topological polar surface area (TPSA) is 57.6 Å². The SMILES string of the molecule is CC(C)S(=O)(=O)N1C2CCC1CC(O)C2. The fourth-order valence-electron chi connectivity index (χ4n) is 2.76. The van der Waals surface area contributed by atoms with Crippen molar-refractivity contribution in [2.75, 3.05) is 0 Å². The summed E-state index contributed by atoms with van der Waals surface area (Å²) >= 11 is 0. The Morgan fingerprint density at radius 2 is 1.67 bits per heavy atom. The van der Waals surface area contributed by atoms with Crippen molar-refractivity contribution in [3.8, 4) is 0 Å². The van der Waals surface area contributed by atoms with Gasteiger partial charge in [0.25, 0.3) is 0 Å². The van der Waals surface area contributed by atoms with Crippen LogP contribution in [0.4, 0.5) is 0 Å². The van der Waals surface area contributed by atoms with Crippen LogP contribution in [0.25, 0.3) is 0 Å². The number of hydrogen-bond donors (Lipinski definition) is 1. The number of nitrogens with zero attached hydrogens (tertiary/aromatic N) is 1. The first-order valence-corrected chi connectivity index (χ1v) is 7.13. The Balaban J connectivity index is 2.26. The van der Waals surface area contributed by atoms with E-state index in [2.05, 4.69) is 0 Å². The second kappa shape index (κ2) is 3.71. The average Bonchev–Trinajstić information content (AvgIpc) is 2.39. The molecule has 2 aliphatic heterocycles. The van der Waals surface area contributed by atoms with Crippen LogP contribution in [0.3, 0.4) is 0 Å². The molecule has 2 atom stereocenters. The van der Waals surface area contributed by atoms with Gasteiger partial charge in [0.15, 0.2) is 0 Å². The van der Waals surface area contributed by atoms with Crippen LogP contribution in [0.2, 0.25) is 0 Å². The molecule has 0 saturated carbocycles. The third-order valence-corrected chi connectivity index (χ3v) is 5.91. The van der Waals surface area contributed by atoms with Crippen molar-refractivity contribution < 1.29 is 13.5 Å². The zero-order valence-electron chi connectivity index (χ0n) is 9.26. The van der Waals surface area contributed by atoms with Gasteiger partial charge in [-0.2, -0.15) is 4.31 Å². The lowest BCUT2D eigenvalue weighted by molar-refractivity contribution is 0.0765. The third kappa shape index (κ3) is 1.81. The number of rotatable bonds is 2. The molecule has 2 unspecified atom stereocenters. The molecule has 2 bridgehead atoms. The molecular formula is C10H19NO3S. The van der Waals surface area contributed by atoms with Crippen LogP contribution < -0.4 is 0 Å². The van der Waals surface area contributed by atoms with Crippen LogP contribution in [-0.4, -0.2) is 41.3 Å². The van der Waals surface area contributed by atoms with E-state index in [4.69, 9.17) is 0 Å². The van der Waals surface area contributed by atoms with Gasteiger partial charge in [0.2, 0.25) is 10.0 Å². The van der Waals surface area contributed by atoms with Crippen molar-refractivity contribution >= 4 is 10.0 Å². The normalized spacial score (nSPS) is 37.5. The monoisotopic (exact) mass is 233 g/mol. The standard InChI is InChI=1S/C10H19NO3S/c1-7(2)15(13,14)11-8-3-4-9(11)6-10(12)5-8/h7-10,12H,3-6H2,1-2H3. The lowest BCUT2D eigenvalue weighted by Gasteiger charge is -2.37. The van der Waals surface area contributed by atoms with Crippen molar-refractivity contribution in [3.05, 3.63) is 0 Å². The second-order valence-corrected chi connectivity index (χ2v) is 7.33. The molecule has 2 rings (SSSR count). The van der Waals surface area contributed by atoms with Gasteiger partial charge in [-0.1, -0.05) is 0 Å². The van der Waals surface area contributed by atoms with E-state index in [0.29, 0.717) is 12.8 Å². The fraction of sp³-hybridized carbons (Fsp3) is 1.00. The molecule has 2 heterocycles. The Morgan fingerprint density at radius 1 is 1.20 bits per heavy atom. The summed E-state index contributed by atoms with van der Waals surface area (Å²) in [5.74, 6) is 0. The summed E-state index contributed by atoms with van der Waals surface area (Å²) in [6, 6.07) is 0.0947. The van der Waals surface area contributed by atoms with Crippen molar-refractivity contribution in [2.45, 2.75) is 63.0 Å². The predicted molar refractivity (Wildman–Crippen MR) is 57.9 cm³/mol. The highest BCUT2D eigenvalue weighted by Crippen LogP contribution is 2.38. The van der Waals surface area contributed by atoms with Gasteiger partial charge in [-0.05, 0) is 39.5 Å². The summed E-state index contributed by atoms with van der Waals surface area (Å²) in [5, 5.41) is 9.24. The Hall–Kier alpha value is -0.130. The van der Waals surface area contributed by atoms with E-state index in [1.165, 1.54) is 0 Å².